The van der Waals surface area contributed by atoms with Crippen LogP contribution in [0.15, 0.2) is 78.9 Å². The Bertz CT molecular complexity index is 1080. The van der Waals surface area contributed by atoms with Crippen LogP contribution >= 0.6 is 0 Å². The van der Waals surface area contributed by atoms with Gasteiger partial charge < -0.3 is 14.8 Å². The number of carbonyl (C=O) groups excluding carboxylic acids is 3. The highest BCUT2D eigenvalue weighted by Crippen LogP contribution is 2.17. The molecule has 0 saturated heterocycles. The van der Waals surface area contributed by atoms with Gasteiger partial charge in [-0.3, -0.25) is 25.2 Å². The van der Waals surface area contributed by atoms with E-state index in [1.807, 2.05) is 13.0 Å². The largest absolute Gasteiger partial charge is 0.490 e. The average molecular weight is 447 g/mol. The van der Waals surface area contributed by atoms with Crippen molar-refractivity contribution in [1.82, 2.24) is 10.9 Å². The number of hydrogen-bond acceptors (Lipinski definition) is 5. The highest BCUT2D eigenvalue weighted by atomic mass is 16.5. The van der Waals surface area contributed by atoms with E-state index in [0.29, 0.717) is 42.4 Å². The second kappa shape index (κ2) is 12.0. The van der Waals surface area contributed by atoms with E-state index in [1.165, 1.54) is 0 Å². The van der Waals surface area contributed by atoms with Crippen molar-refractivity contribution in [2.45, 2.75) is 6.92 Å². The third-order valence-corrected chi connectivity index (χ3v) is 4.55. The lowest BCUT2D eigenvalue weighted by atomic mass is 10.1. The van der Waals surface area contributed by atoms with Gasteiger partial charge in [-0.1, -0.05) is 30.3 Å². The van der Waals surface area contributed by atoms with E-state index in [9.17, 15) is 14.4 Å². The number of hydrogen-bond donors (Lipinski definition) is 3. The molecule has 0 heterocycles. The Morgan fingerprint density at radius 3 is 2.06 bits per heavy atom. The normalized spacial score (nSPS) is 10.2. The molecule has 0 spiro atoms. The molecule has 0 saturated carbocycles. The Labute approximate surface area is 191 Å². The van der Waals surface area contributed by atoms with Crippen molar-refractivity contribution >= 4 is 23.4 Å². The van der Waals surface area contributed by atoms with Crippen molar-refractivity contribution in [3.05, 3.63) is 95.6 Å². The minimum atomic E-state index is -0.512. The average Bonchev–Trinajstić information content (AvgIpc) is 2.86. The highest BCUT2D eigenvalue weighted by Gasteiger charge is 2.14. The van der Waals surface area contributed by atoms with Crippen LogP contribution in [-0.2, 0) is 4.74 Å². The molecule has 3 aromatic carbocycles. The lowest BCUT2D eigenvalue weighted by Gasteiger charge is -2.12. The predicted molar refractivity (Wildman–Crippen MR) is 124 cm³/mol. The van der Waals surface area contributed by atoms with Gasteiger partial charge in [-0.2, -0.15) is 0 Å². The zero-order valence-corrected chi connectivity index (χ0v) is 18.2. The molecule has 3 amide bonds. The number of rotatable bonds is 9. The fraction of sp³-hybridized carbons (Fsp3) is 0.160. The van der Waals surface area contributed by atoms with Gasteiger partial charge in [-0.15, -0.1) is 0 Å². The minimum absolute atomic E-state index is 0.248. The summed E-state index contributed by atoms with van der Waals surface area (Å²) in [6, 6.07) is 21.9. The quantitative estimate of drug-likeness (QED) is 0.344. The summed E-state index contributed by atoms with van der Waals surface area (Å²) in [6.45, 7) is 3.18. The summed E-state index contributed by atoms with van der Waals surface area (Å²) in [5.74, 6) is -0.870. The SMILES string of the molecule is CCOCCOc1ccccc1C(=O)NNC(=O)c1ccc(NC(=O)c2ccccc2)cc1. The Morgan fingerprint density at radius 2 is 1.33 bits per heavy atom. The van der Waals surface area contributed by atoms with E-state index in [0.717, 1.165) is 0 Å². The first kappa shape index (κ1) is 23.5. The fourth-order valence-electron chi connectivity index (χ4n) is 2.89. The maximum Gasteiger partial charge on any atom is 0.273 e. The zero-order chi connectivity index (χ0) is 23.5. The lowest BCUT2D eigenvalue weighted by Crippen LogP contribution is -2.41. The Morgan fingerprint density at radius 1 is 0.697 bits per heavy atom. The lowest BCUT2D eigenvalue weighted by molar-refractivity contribution is 0.0840. The maximum atomic E-state index is 12.5. The first-order valence-electron chi connectivity index (χ1n) is 10.4. The predicted octanol–water partition coefficient (Wildman–Crippen LogP) is 3.43. The molecule has 0 unspecified atom stereocenters. The first-order chi connectivity index (χ1) is 16.1. The van der Waals surface area contributed by atoms with Crippen molar-refractivity contribution < 1.29 is 23.9 Å². The van der Waals surface area contributed by atoms with E-state index in [1.54, 1.807) is 72.8 Å². The third-order valence-electron chi connectivity index (χ3n) is 4.55. The monoisotopic (exact) mass is 447 g/mol. The zero-order valence-electron chi connectivity index (χ0n) is 18.2. The Kier molecular flexibility index (Phi) is 8.55. The fourth-order valence-corrected chi connectivity index (χ4v) is 2.89. The summed E-state index contributed by atoms with van der Waals surface area (Å²) < 4.78 is 10.8. The highest BCUT2D eigenvalue weighted by molar-refractivity contribution is 6.04. The topological polar surface area (TPSA) is 106 Å². The van der Waals surface area contributed by atoms with Gasteiger partial charge in [0.15, 0.2) is 0 Å². The van der Waals surface area contributed by atoms with Crippen molar-refractivity contribution in [1.29, 1.82) is 0 Å². The number of amides is 3. The van der Waals surface area contributed by atoms with Gasteiger partial charge in [0.05, 0.1) is 12.2 Å². The smallest absolute Gasteiger partial charge is 0.273 e. The van der Waals surface area contributed by atoms with Crippen molar-refractivity contribution in [2.75, 3.05) is 25.1 Å². The molecule has 3 aromatic rings. The van der Waals surface area contributed by atoms with Gasteiger partial charge in [0.2, 0.25) is 0 Å². The van der Waals surface area contributed by atoms with E-state index < -0.39 is 11.8 Å². The van der Waals surface area contributed by atoms with Gasteiger partial charge in [0, 0.05) is 23.4 Å². The van der Waals surface area contributed by atoms with Crippen LogP contribution in [0.3, 0.4) is 0 Å². The third kappa shape index (κ3) is 6.91. The number of para-hydroxylation sites is 1. The number of carbonyl (C=O) groups is 3. The molecule has 0 aliphatic heterocycles. The van der Waals surface area contributed by atoms with E-state index >= 15 is 0 Å². The summed E-state index contributed by atoms with van der Waals surface area (Å²) in [5.41, 5.74) is 6.44. The molecule has 8 nitrogen and oxygen atoms in total. The van der Waals surface area contributed by atoms with Gasteiger partial charge in [0.1, 0.15) is 12.4 Å². The molecule has 0 aliphatic carbocycles. The summed E-state index contributed by atoms with van der Waals surface area (Å²) >= 11 is 0. The number of nitrogens with one attached hydrogen (secondary N) is 3. The molecular formula is C25H25N3O5. The minimum Gasteiger partial charge on any atom is -0.490 e. The molecule has 33 heavy (non-hydrogen) atoms. The van der Waals surface area contributed by atoms with Gasteiger partial charge in [-0.05, 0) is 55.5 Å². The van der Waals surface area contributed by atoms with E-state index in [2.05, 4.69) is 16.2 Å². The molecule has 0 aromatic heterocycles. The molecule has 0 bridgehead atoms. The van der Waals surface area contributed by atoms with Gasteiger partial charge in [0.25, 0.3) is 17.7 Å². The molecule has 0 aliphatic rings. The van der Waals surface area contributed by atoms with Crippen LogP contribution in [0, 0.1) is 0 Å². The first-order valence-corrected chi connectivity index (χ1v) is 10.4. The van der Waals surface area contributed by atoms with Crippen LogP contribution < -0.4 is 20.9 Å². The maximum absolute atomic E-state index is 12.5. The van der Waals surface area contributed by atoms with Gasteiger partial charge in [-0.25, -0.2) is 0 Å². The van der Waals surface area contributed by atoms with Crippen LogP contribution in [0.25, 0.3) is 0 Å². The number of ether oxygens (including phenoxy) is 2. The molecule has 3 N–H and O–H groups in total. The molecule has 0 fully saturated rings. The number of benzene rings is 3. The summed E-state index contributed by atoms with van der Waals surface area (Å²) in [4.78, 5) is 37.1. The van der Waals surface area contributed by atoms with E-state index in [-0.39, 0.29) is 11.5 Å². The van der Waals surface area contributed by atoms with Crippen LogP contribution in [0.4, 0.5) is 5.69 Å². The summed E-state index contributed by atoms with van der Waals surface area (Å²) in [5, 5.41) is 2.76. The van der Waals surface area contributed by atoms with Crippen LogP contribution in [0.2, 0.25) is 0 Å². The number of hydrazine groups is 1. The second-order valence-electron chi connectivity index (χ2n) is 6.85. The van der Waals surface area contributed by atoms with Gasteiger partial charge >= 0.3 is 0 Å². The molecule has 0 radical (unpaired) electrons. The Hall–Kier alpha value is -4.17. The molecule has 0 atom stereocenters. The van der Waals surface area contributed by atoms with E-state index in [4.69, 9.17) is 9.47 Å². The van der Waals surface area contributed by atoms with Crippen molar-refractivity contribution in [3.63, 3.8) is 0 Å². The van der Waals surface area contributed by atoms with Crippen LogP contribution in [-0.4, -0.2) is 37.5 Å². The Balaban J connectivity index is 1.53. The van der Waals surface area contributed by atoms with Crippen molar-refractivity contribution in [3.8, 4) is 5.75 Å². The summed E-state index contributed by atoms with van der Waals surface area (Å²) in [7, 11) is 0. The molecular weight excluding hydrogens is 422 g/mol. The molecule has 3 rings (SSSR count). The molecule has 170 valence electrons. The summed E-state index contributed by atoms with van der Waals surface area (Å²) in [6.07, 6.45) is 0. The van der Waals surface area contributed by atoms with Crippen LogP contribution in [0.5, 0.6) is 5.75 Å². The second-order valence-corrected chi connectivity index (χ2v) is 6.85. The van der Waals surface area contributed by atoms with Crippen molar-refractivity contribution in [2.24, 2.45) is 0 Å². The standard InChI is InChI=1S/C25H25N3O5/c1-2-32-16-17-33-22-11-7-6-10-21(22)25(31)28-27-24(30)19-12-14-20(15-13-19)26-23(29)18-8-4-3-5-9-18/h3-15H,2,16-17H2,1H3,(H,26,29)(H,27,30)(H,28,31). The molecule has 8 heteroatoms. The number of anilines is 1. The van der Waals surface area contributed by atoms with Crippen LogP contribution in [0.1, 0.15) is 38.0 Å².